The predicted octanol–water partition coefficient (Wildman–Crippen LogP) is 3.83. The Labute approximate surface area is 167 Å². The Morgan fingerprint density at radius 1 is 1.14 bits per heavy atom. The third-order valence-corrected chi connectivity index (χ3v) is 5.34. The van der Waals surface area contributed by atoms with Gasteiger partial charge >= 0.3 is 0 Å². The fraction of sp³-hybridized carbons (Fsp3) is 0.391. The maximum atomic E-state index is 12.7. The molecule has 0 saturated carbocycles. The SMILES string of the molecule is CCN(CC)Cc1cccc(NC(=O)C2CC(=O)N(c3ccc(C)cc3)C2)c1. The molecule has 1 N–H and O–H groups in total. The second-order valence-corrected chi connectivity index (χ2v) is 7.39. The number of carbonyl (C=O) groups excluding carboxylic acids is 2. The van der Waals surface area contributed by atoms with E-state index in [0.29, 0.717) is 6.54 Å². The van der Waals surface area contributed by atoms with E-state index < -0.39 is 0 Å². The van der Waals surface area contributed by atoms with Crippen molar-refractivity contribution in [2.45, 2.75) is 33.7 Å². The van der Waals surface area contributed by atoms with Gasteiger partial charge in [-0.2, -0.15) is 0 Å². The molecule has 0 radical (unpaired) electrons. The minimum absolute atomic E-state index is 0.000660. The van der Waals surface area contributed by atoms with E-state index in [-0.39, 0.29) is 24.2 Å². The van der Waals surface area contributed by atoms with Crippen molar-refractivity contribution in [2.75, 3.05) is 29.9 Å². The van der Waals surface area contributed by atoms with Gasteiger partial charge in [-0.1, -0.05) is 43.7 Å². The molecule has 1 fully saturated rings. The van der Waals surface area contributed by atoms with Crippen molar-refractivity contribution in [2.24, 2.45) is 5.92 Å². The van der Waals surface area contributed by atoms with Crippen LogP contribution in [0.1, 0.15) is 31.4 Å². The van der Waals surface area contributed by atoms with Crippen LogP contribution >= 0.6 is 0 Å². The second kappa shape index (κ2) is 9.02. The van der Waals surface area contributed by atoms with Gasteiger partial charge in [0.15, 0.2) is 0 Å². The van der Waals surface area contributed by atoms with E-state index in [4.69, 9.17) is 0 Å². The summed E-state index contributed by atoms with van der Waals surface area (Å²) in [5.74, 6) is -0.428. The third kappa shape index (κ3) is 4.78. The number of anilines is 2. The number of carbonyl (C=O) groups is 2. The zero-order valence-corrected chi connectivity index (χ0v) is 16.9. The van der Waals surface area contributed by atoms with Crippen molar-refractivity contribution in [3.05, 3.63) is 59.7 Å². The molecular weight excluding hydrogens is 350 g/mol. The van der Waals surface area contributed by atoms with Gasteiger partial charge in [-0.15, -0.1) is 0 Å². The summed E-state index contributed by atoms with van der Waals surface area (Å²) in [5, 5.41) is 3.00. The number of nitrogens with zero attached hydrogens (tertiary/aromatic N) is 2. The highest BCUT2D eigenvalue weighted by atomic mass is 16.2. The van der Waals surface area contributed by atoms with Crippen molar-refractivity contribution in [1.82, 2.24) is 4.90 Å². The number of hydrogen-bond donors (Lipinski definition) is 1. The smallest absolute Gasteiger partial charge is 0.229 e. The lowest BCUT2D eigenvalue weighted by Crippen LogP contribution is -2.28. The molecule has 0 spiro atoms. The molecule has 5 heteroatoms. The van der Waals surface area contributed by atoms with Crippen LogP contribution in [0.3, 0.4) is 0 Å². The van der Waals surface area contributed by atoms with Crippen molar-refractivity contribution >= 4 is 23.2 Å². The molecule has 28 heavy (non-hydrogen) atoms. The molecule has 1 saturated heterocycles. The zero-order chi connectivity index (χ0) is 20.1. The summed E-state index contributed by atoms with van der Waals surface area (Å²) < 4.78 is 0. The fourth-order valence-corrected chi connectivity index (χ4v) is 3.55. The highest BCUT2D eigenvalue weighted by Gasteiger charge is 2.35. The Morgan fingerprint density at radius 3 is 2.54 bits per heavy atom. The first-order chi connectivity index (χ1) is 13.5. The van der Waals surface area contributed by atoms with Crippen LogP contribution in [-0.4, -0.2) is 36.3 Å². The second-order valence-electron chi connectivity index (χ2n) is 7.39. The van der Waals surface area contributed by atoms with Crippen molar-refractivity contribution in [3.8, 4) is 0 Å². The van der Waals surface area contributed by atoms with Crippen LogP contribution in [0.5, 0.6) is 0 Å². The largest absolute Gasteiger partial charge is 0.326 e. The molecule has 1 aliphatic rings. The molecule has 3 rings (SSSR count). The fourth-order valence-electron chi connectivity index (χ4n) is 3.55. The maximum absolute atomic E-state index is 12.7. The summed E-state index contributed by atoms with van der Waals surface area (Å²) in [6.07, 6.45) is 0.249. The molecule has 1 atom stereocenters. The summed E-state index contributed by atoms with van der Waals surface area (Å²) in [6.45, 7) is 9.57. The van der Waals surface area contributed by atoms with E-state index in [1.165, 1.54) is 5.56 Å². The van der Waals surface area contributed by atoms with Crippen LogP contribution in [0.4, 0.5) is 11.4 Å². The Kier molecular flexibility index (Phi) is 6.47. The van der Waals surface area contributed by atoms with Gasteiger partial charge in [0, 0.05) is 30.9 Å². The van der Waals surface area contributed by atoms with E-state index >= 15 is 0 Å². The first kappa shape index (κ1) is 20.1. The zero-order valence-electron chi connectivity index (χ0n) is 16.9. The number of benzene rings is 2. The van der Waals surface area contributed by atoms with Crippen LogP contribution in [0.15, 0.2) is 48.5 Å². The Bertz CT molecular complexity index is 828. The minimum atomic E-state index is -0.333. The van der Waals surface area contributed by atoms with Crippen LogP contribution in [0.25, 0.3) is 0 Å². The standard InChI is InChI=1S/C23H29N3O2/c1-4-25(5-2)15-18-7-6-8-20(13-18)24-23(28)19-14-22(27)26(16-19)21-11-9-17(3)10-12-21/h6-13,19H,4-5,14-16H2,1-3H3,(H,24,28). The molecule has 1 heterocycles. The van der Waals surface area contributed by atoms with Gasteiger partial charge in [0.2, 0.25) is 11.8 Å². The molecule has 2 amide bonds. The highest BCUT2D eigenvalue weighted by Crippen LogP contribution is 2.26. The van der Waals surface area contributed by atoms with Crippen LogP contribution < -0.4 is 10.2 Å². The highest BCUT2D eigenvalue weighted by molar-refractivity contribution is 6.03. The van der Waals surface area contributed by atoms with Crippen LogP contribution in [0, 0.1) is 12.8 Å². The molecule has 1 unspecified atom stereocenters. The van der Waals surface area contributed by atoms with Crippen molar-refractivity contribution in [1.29, 1.82) is 0 Å². The summed E-state index contributed by atoms with van der Waals surface area (Å²) in [7, 11) is 0. The Morgan fingerprint density at radius 2 is 1.86 bits per heavy atom. The number of nitrogens with one attached hydrogen (secondary N) is 1. The van der Waals surface area contributed by atoms with Gasteiger partial charge in [0.25, 0.3) is 0 Å². The Hall–Kier alpha value is -2.66. The van der Waals surface area contributed by atoms with E-state index in [1.807, 2.05) is 49.4 Å². The molecule has 0 aliphatic carbocycles. The van der Waals surface area contributed by atoms with Crippen LogP contribution in [0.2, 0.25) is 0 Å². The number of rotatable bonds is 7. The van der Waals surface area contributed by atoms with E-state index in [2.05, 4.69) is 30.1 Å². The average molecular weight is 380 g/mol. The molecule has 2 aromatic carbocycles. The van der Waals surface area contributed by atoms with Gasteiger partial charge in [-0.3, -0.25) is 14.5 Å². The van der Waals surface area contributed by atoms with Crippen molar-refractivity contribution in [3.63, 3.8) is 0 Å². The quantitative estimate of drug-likeness (QED) is 0.795. The predicted molar refractivity (Wildman–Crippen MR) is 113 cm³/mol. The van der Waals surface area contributed by atoms with E-state index in [9.17, 15) is 9.59 Å². The molecule has 5 nitrogen and oxygen atoms in total. The lowest BCUT2D eigenvalue weighted by molar-refractivity contribution is -0.122. The monoisotopic (exact) mass is 379 g/mol. The van der Waals surface area contributed by atoms with E-state index in [0.717, 1.165) is 36.6 Å². The normalized spacial score (nSPS) is 16.6. The lowest BCUT2D eigenvalue weighted by Gasteiger charge is -2.19. The molecule has 0 aromatic heterocycles. The number of aryl methyl sites for hydroxylation is 1. The molecular formula is C23H29N3O2. The summed E-state index contributed by atoms with van der Waals surface area (Å²) >= 11 is 0. The minimum Gasteiger partial charge on any atom is -0.326 e. The maximum Gasteiger partial charge on any atom is 0.229 e. The molecule has 1 aliphatic heterocycles. The lowest BCUT2D eigenvalue weighted by atomic mass is 10.1. The molecule has 2 aromatic rings. The summed E-state index contributed by atoms with van der Waals surface area (Å²) in [6, 6.07) is 15.8. The van der Waals surface area contributed by atoms with Gasteiger partial charge < -0.3 is 10.2 Å². The first-order valence-corrected chi connectivity index (χ1v) is 9.99. The average Bonchev–Trinajstić information content (AvgIpc) is 3.09. The van der Waals surface area contributed by atoms with E-state index in [1.54, 1.807) is 4.90 Å². The Balaban J connectivity index is 1.64. The third-order valence-electron chi connectivity index (χ3n) is 5.34. The topological polar surface area (TPSA) is 52.7 Å². The van der Waals surface area contributed by atoms with Crippen LogP contribution in [-0.2, 0) is 16.1 Å². The molecule has 148 valence electrons. The number of amides is 2. The number of hydrogen-bond acceptors (Lipinski definition) is 3. The van der Waals surface area contributed by atoms with Crippen molar-refractivity contribution < 1.29 is 9.59 Å². The van der Waals surface area contributed by atoms with Gasteiger partial charge in [0.05, 0.1) is 5.92 Å². The summed E-state index contributed by atoms with van der Waals surface area (Å²) in [4.78, 5) is 29.2. The summed E-state index contributed by atoms with van der Waals surface area (Å²) in [5.41, 5.74) is 3.96. The molecule has 0 bridgehead atoms. The van der Waals surface area contributed by atoms with Gasteiger partial charge in [-0.25, -0.2) is 0 Å². The van der Waals surface area contributed by atoms with Gasteiger partial charge in [0.1, 0.15) is 0 Å². The van der Waals surface area contributed by atoms with Gasteiger partial charge in [-0.05, 0) is 49.8 Å². The first-order valence-electron chi connectivity index (χ1n) is 9.99.